The summed E-state index contributed by atoms with van der Waals surface area (Å²) in [5.74, 6) is -0.162. The van der Waals surface area contributed by atoms with Crippen LogP contribution < -0.4 is 5.32 Å². The highest BCUT2D eigenvalue weighted by atomic mass is 19.1. The van der Waals surface area contributed by atoms with Gasteiger partial charge in [0, 0.05) is 12.6 Å². The van der Waals surface area contributed by atoms with Crippen molar-refractivity contribution in [3.8, 4) is 0 Å². The van der Waals surface area contributed by atoms with E-state index in [1.807, 2.05) is 13.0 Å². The molecule has 0 bridgehead atoms. The van der Waals surface area contributed by atoms with E-state index < -0.39 is 0 Å². The van der Waals surface area contributed by atoms with Gasteiger partial charge >= 0.3 is 0 Å². The number of hydrogen-bond acceptors (Lipinski definition) is 2. The van der Waals surface area contributed by atoms with Gasteiger partial charge in [-0.25, -0.2) is 4.39 Å². The van der Waals surface area contributed by atoms with E-state index in [9.17, 15) is 4.39 Å². The summed E-state index contributed by atoms with van der Waals surface area (Å²) < 4.78 is 19.3. The zero-order valence-corrected chi connectivity index (χ0v) is 10.5. The molecule has 3 heteroatoms. The predicted octanol–water partition coefficient (Wildman–Crippen LogP) is 3.50. The van der Waals surface area contributed by atoms with E-state index in [1.54, 1.807) is 6.07 Å². The van der Waals surface area contributed by atoms with Crippen LogP contribution in [0.25, 0.3) is 0 Å². The predicted molar refractivity (Wildman–Crippen MR) is 67.8 cm³/mol. The van der Waals surface area contributed by atoms with Gasteiger partial charge in [0.15, 0.2) is 0 Å². The van der Waals surface area contributed by atoms with E-state index in [2.05, 4.69) is 12.2 Å². The molecule has 1 fully saturated rings. The maximum Gasteiger partial charge on any atom is 0.146 e. The Balaban J connectivity index is 2.05. The number of halogens is 1. The molecule has 0 amide bonds. The minimum atomic E-state index is -0.162. The first-order chi connectivity index (χ1) is 8.20. The number of rotatable bonds is 3. The van der Waals surface area contributed by atoms with Gasteiger partial charge in [0.25, 0.3) is 0 Å². The Morgan fingerprint density at radius 3 is 3.00 bits per heavy atom. The molecular formula is C14H20FNO. The molecule has 0 spiro atoms. The number of aryl methyl sites for hydroxylation is 1. The number of para-hydroxylation sites is 1. The lowest BCUT2D eigenvalue weighted by molar-refractivity contribution is 0.00920. The van der Waals surface area contributed by atoms with Crippen molar-refractivity contribution in [2.45, 2.75) is 45.3 Å². The van der Waals surface area contributed by atoms with Gasteiger partial charge in [-0.2, -0.15) is 0 Å². The van der Waals surface area contributed by atoms with Crippen molar-refractivity contribution in [2.75, 3.05) is 11.9 Å². The molecule has 0 radical (unpaired) electrons. The Morgan fingerprint density at radius 2 is 2.29 bits per heavy atom. The van der Waals surface area contributed by atoms with Gasteiger partial charge in [0.1, 0.15) is 5.82 Å². The Hall–Kier alpha value is -1.09. The zero-order valence-electron chi connectivity index (χ0n) is 10.5. The fraction of sp³-hybridized carbons (Fsp3) is 0.571. The van der Waals surface area contributed by atoms with Gasteiger partial charge in [-0.1, -0.05) is 19.1 Å². The summed E-state index contributed by atoms with van der Waals surface area (Å²) in [5.41, 5.74) is 1.61. The van der Waals surface area contributed by atoms with E-state index >= 15 is 0 Å². The molecule has 1 N–H and O–H groups in total. The van der Waals surface area contributed by atoms with Crippen molar-refractivity contribution in [3.05, 3.63) is 29.6 Å². The average molecular weight is 237 g/mol. The molecule has 1 aromatic carbocycles. The van der Waals surface area contributed by atoms with E-state index in [4.69, 9.17) is 4.74 Å². The Bertz CT molecular complexity index is 360. The smallest absolute Gasteiger partial charge is 0.146 e. The van der Waals surface area contributed by atoms with Gasteiger partial charge in [-0.05, 0) is 37.8 Å². The molecule has 2 atom stereocenters. The fourth-order valence-electron chi connectivity index (χ4n) is 2.31. The molecular weight excluding hydrogens is 217 g/mol. The van der Waals surface area contributed by atoms with Gasteiger partial charge in [-0.3, -0.25) is 0 Å². The molecule has 2 unspecified atom stereocenters. The molecule has 0 saturated carbocycles. The maximum atomic E-state index is 13.7. The van der Waals surface area contributed by atoms with Crippen molar-refractivity contribution in [1.82, 2.24) is 0 Å². The molecule has 1 aromatic rings. The highest BCUT2D eigenvalue weighted by Gasteiger charge is 2.22. The van der Waals surface area contributed by atoms with Crippen molar-refractivity contribution in [2.24, 2.45) is 0 Å². The van der Waals surface area contributed by atoms with Crippen molar-refractivity contribution in [1.29, 1.82) is 0 Å². The van der Waals surface area contributed by atoms with Crippen LogP contribution in [0.1, 0.15) is 31.7 Å². The Kier molecular flexibility index (Phi) is 4.00. The number of anilines is 1. The minimum Gasteiger partial charge on any atom is -0.380 e. The van der Waals surface area contributed by atoms with Crippen LogP contribution in [0.4, 0.5) is 10.1 Å². The lowest BCUT2D eigenvalue weighted by Crippen LogP contribution is -2.34. The summed E-state index contributed by atoms with van der Waals surface area (Å²) >= 11 is 0. The van der Waals surface area contributed by atoms with E-state index in [1.165, 1.54) is 6.07 Å². The monoisotopic (exact) mass is 237 g/mol. The molecule has 1 aliphatic heterocycles. The molecule has 1 aliphatic rings. The van der Waals surface area contributed by atoms with Crippen LogP contribution in [0.15, 0.2) is 18.2 Å². The van der Waals surface area contributed by atoms with Crippen molar-refractivity contribution < 1.29 is 9.13 Å². The first-order valence-electron chi connectivity index (χ1n) is 6.34. The molecule has 2 rings (SSSR count). The third kappa shape index (κ3) is 2.97. The molecule has 17 heavy (non-hydrogen) atoms. The van der Waals surface area contributed by atoms with Crippen molar-refractivity contribution in [3.63, 3.8) is 0 Å². The summed E-state index contributed by atoms with van der Waals surface area (Å²) in [6.07, 6.45) is 3.25. The highest BCUT2D eigenvalue weighted by Crippen LogP contribution is 2.24. The number of nitrogens with one attached hydrogen (secondary N) is 1. The van der Waals surface area contributed by atoms with Crippen molar-refractivity contribution >= 4 is 5.69 Å². The third-order valence-electron chi connectivity index (χ3n) is 3.39. The fourth-order valence-corrected chi connectivity index (χ4v) is 2.31. The van der Waals surface area contributed by atoms with Crippen LogP contribution >= 0.6 is 0 Å². The maximum absolute atomic E-state index is 13.7. The standard InChI is InChI=1S/C14H20FNO/c1-3-12-9-11(7-8-17-12)16-14-10(2)5-4-6-13(14)15/h4-6,11-12,16H,3,7-9H2,1-2H3. The SMILES string of the molecule is CCC1CC(Nc2c(C)cccc2F)CCO1. The molecule has 94 valence electrons. The van der Waals surface area contributed by atoms with Crippen LogP contribution in [-0.2, 0) is 4.74 Å². The van der Waals surface area contributed by atoms with Crippen LogP contribution in [0, 0.1) is 12.7 Å². The van der Waals surface area contributed by atoms with E-state index in [0.717, 1.165) is 31.4 Å². The van der Waals surface area contributed by atoms with Crippen LogP contribution in [0.2, 0.25) is 0 Å². The number of benzene rings is 1. The van der Waals surface area contributed by atoms with Gasteiger partial charge < -0.3 is 10.1 Å². The molecule has 2 nitrogen and oxygen atoms in total. The van der Waals surface area contributed by atoms with Gasteiger partial charge in [0.2, 0.25) is 0 Å². The molecule has 1 saturated heterocycles. The summed E-state index contributed by atoms with van der Waals surface area (Å²) in [7, 11) is 0. The van der Waals surface area contributed by atoms with Crippen LogP contribution in [-0.4, -0.2) is 18.8 Å². The Morgan fingerprint density at radius 1 is 1.47 bits per heavy atom. The normalized spacial score (nSPS) is 24.6. The second kappa shape index (κ2) is 5.50. The lowest BCUT2D eigenvalue weighted by atomic mass is 10.0. The highest BCUT2D eigenvalue weighted by molar-refractivity contribution is 5.52. The second-order valence-corrected chi connectivity index (χ2v) is 4.70. The summed E-state index contributed by atoms with van der Waals surface area (Å²) in [6, 6.07) is 5.51. The molecule has 0 aliphatic carbocycles. The molecule has 1 heterocycles. The van der Waals surface area contributed by atoms with Crippen LogP contribution in [0.5, 0.6) is 0 Å². The minimum absolute atomic E-state index is 0.162. The van der Waals surface area contributed by atoms with Gasteiger partial charge in [0.05, 0.1) is 11.8 Å². The zero-order chi connectivity index (χ0) is 12.3. The van der Waals surface area contributed by atoms with Crippen LogP contribution in [0.3, 0.4) is 0 Å². The topological polar surface area (TPSA) is 21.3 Å². The quantitative estimate of drug-likeness (QED) is 0.868. The Labute approximate surface area is 102 Å². The van der Waals surface area contributed by atoms with E-state index in [-0.39, 0.29) is 5.82 Å². The second-order valence-electron chi connectivity index (χ2n) is 4.70. The lowest BCUT2D eigenvalue weighted by Gasteiger charge is -2.30. The molecule has 0 aromatic heterocycles. The van der Waals surface area contributed by atoms with E-state index in [0.29, 0.717) is 17.8 Å². The number of hydrogen-bond donors (Lipinski definition) is 1. The largest absolute Gasteiger partial charge is 0.380 e. The first-order valence-corrected chi connectivity index (χ1v) is 6.34. The summed E-state index contributed by atoms with van der Waals surface area (Å²) in [5, 5.41) is 3.33. The first kappa shape index (κ1) is 12.4. The number of ether oxygens (including phenoxy) is 1. The van der Waals surface area contributed by atoms with Gasteiger partial charge in [-0.15, -0.1) is 0 Å². The summed E-state index contributed by atoms with van der Waals surface area (Å²) in [4.78, 5) is 0. The summed E-state index contributed by atoms with van der Waals surface area (Å²) in [6.45, 7) is 4.83. The third-order valence-corrected chi connectivity index (χ3v) is 3.39. The average Bonchev–Trinajstić information content (AvgIpc) is 2.34.